The average Bonchev–Trinajstić information content (AvgIpc) is 2.43. The second-order valence-corrected chi connectivity index (χ2v) is 5.53. The lowest BCUT2D eigenvalue weighted by Gasteiger charge is -2.09. The Kier molecular flexibility index (Phi) is 4.68. The van der Waals surface area contributed by atoms with Crippen LogP contribution in [0, 0.1) is 6.92 Å². The molecule has 0 aromatic heterocycles. The minimum absolute atomic E-state index is 0.207. The molecule has 0 spiro atoms. The summed E-state index contributed by atoms with van der Waals surface area (Å²) in [6.45, 7) is 1.93. The van der Waals surface area contributed by atoms with Gasteiger partial charge in [-0.05, 0) is 58.7 Å². The first kappa shape index (κ1) is 14.9. The standard InChI is InChI=1S/C15H13BrClNO2/c1-9-3-4-10(7-14(9)20-2)15(19)18-11-5-6-12(16)13(17)8-11/h3-8H,1-2H3,(H,18,19). The molecular formula is C15H13BrClNO2. The first-order valence-corrected chi connectivity index (χ1v) is 7.09. The van der Waals surface area contributed by atoms with Crippen LogP contribution in [0.1, 0.15) is 15.9 Å². The van der Waals surface area contributed by atoms with Crippen LogP contribution in [-0.2, 0) is 0 Å². The molecule has 0 aliphatic heterocycles. The summed E-state index contributed by atoms with van der Waals surface area (Å²) >= 11 is 9.30. The number of hydrogen-bond acceptors (Lipinski definition) is 2. The van der Waals surface area contributed by atoms with E-state index >= 15 is 0 Å². The van der Waals surface area contributed by atoms with E-state index in [0.717, 1.165) is 10.0 Å². The molecule has 0 heterocycles. The number of anilines is 1. The van der Waals surface area contributed by atoms with Gasteiger partial charge in [0.1, 0.15) is 5.75 Å². The first-order valence-electron chi connectivity index (χ1n) is 5.92. The molecule has 0 atom stereocenters. The van der Waals surface area contributed by atoms with Gasteiger partial charge in [0, 0.05) is 15.7 Å². The number of halogens is 2. The van der Waals surface area contributed by atoms with Crippen molar-refractivity contribution in [3.05, 3.63) is 57.0 Å². The zero-order valence-corrected chi connectivity index (χ0v) is 13.4. The average molecular weight is 355 g/mol. The molecule has 0 radical (unpaired) electrons. The molecule has 2 rings (SSSR count). The molecular weight excluding hydrogens is 342 g/mol. The van der Waals surface area contributed by atoms with Crippen LogP contribution in [0.25, 0.3) is 0 Å². The lowest BCUT2D eigenvalue weighted by atomic mass is 10.1. The summed E-state index contributed by atoms with van der Waals surface area (Å²) in [5.41, 5.74) is 2.16. The SMILES string of the molecule is COc1cc(C(=O)Nc2ccc(Br)c(Cl)c2)ccc1C. The Balaban J connectivity index is 2.21. The van der Waals surface area contributed by atoms with Crippen molar-refractivity contribution in [1.82, 2.24) is 0 Å². The van der Waals surface area contributed by atoms with Crippen LogP contribution in [0.4, 0.5) is 5.69 Å². The Bertz CT molecular complexity index is 658. The first-order chi connectivity index (χ1) is 9.51. The summed E-state index contributed by atoms with van der Waals surface area (Å²) < 4.78 is 6.00. The van der Waals surface area contributed by atoms with Crippen LogP contribution < -0.4 is 10.1 Å². The zero-order valence-electron chi connectivity index (χ0n) is 11.0. The van der Waals surface area contributed by atoms with Crippen molar-refractivity contribution in [2.45, 2.75) is 6.92 Å². The number of carbonyl (C=O) groups is 1. The highest BCUT2D eigenvalue weighted by Crippen LogP contribution is 2.26. The van der Waals surface area contributed by atoms with E-state index in [1.807, 2.05) is 13.0 Å². The van der Waals surface area contributed by atoms with Gasteiger partial charge in [-0.3, -0.25) is 4.79 Å². The van der Waals surface area contributed by atoms with E-state index < -0.39 is 0 Å². The fraction of sp³-hybridized carbons (Fsp3) is 0.133. The Morgan fingerprint density at radius 3 is 2.65 bits per heavy atom. The summed E-state index contributed by atoms with van der Waals surface area (Å²) in [4.78, 5) is 12.2. The van der Waals surface area contributed by atoms with Crippen LogP contribution in [0.2, 0.25) is 5.02 Å². The third kappa shape index (κ3) is 3.32. The van der Waals surface area contributed by atoms with E-state index in [0.29, 0.717) is 22.0 Å². The number of aryl methyl sites for hydroxylation is 1. The van der Waals surface area contributed by atoms with Gasteiger partial charge in [-0.2, -0.15) is 0 Å². The van der Waals surface area contributed by atoms with Gasteiger partial charge in [0.05, 0.1) is 12.1 Å². The summed E-state index contributed by atoms with van der Waals surface area (Å²) in [6.07, 6.45) is 0. The highest BCUT2D eigenvalue weighted by atomic mass is 79.9. The second-order valence-electron chi connectivity index (χ2n) is 4.27. The maximum Gasteiger partial charge on any atom is 0.255 e. The lowest BCUT2D eigenvalue weighted by Crippen LogP contribution is -2.12. The minimum atomic E-state index is -0.207. The number of methoxy groups -OCH3 is 1. The molecule has 0 saturated heterocycles. The number of carbonyl (C=O) groups excluding carboxylic acids is 1. The monoisotopic (exact) mass is 353 g/mol. The van der Waals surface area contributed by atoms with E-state index in [1.165, 1.54) is 0 Å². The molecule has 1 amide bonds. The van der Waals surface area contributed by atoms with Crippen molar-refractivity contribution >= 4 is 39.1 Å². The smallest absolute Gasteiger partial charge is 0.255 e. The van der Waals surface area contributed by atoms with Gasteiger partial charge in [0.2, 0.25) is 0 Å². The molecule has 0 fully saturated rings. The highest BCUT2D eigenvalue weighted by Gasteiger charge is 2.09. The fourth-order valence-corrected chi connectivity index (χ4v) is 2.17. The molecule has 3 nitrogen and oxygen atoms in total. The molecule has 104 valence electrons. The van der Waals surface area contributed by atoms with Crippen molar-refractivity contribution < 1.29 is 9.53 Å². The third-order valence-electron chi connectivity index (χ3n) is 2.85. The molecule has 2 aromatic rings. The van der Waals surface area contributed by atoms with Gasteiger partial charge in [-0.25, -0.2) is 0 Å². The van der Waals surface area contributed by atoms with E-state index in [9.17, 15) is 4.79 Å². The van der Waals surface area contributed by atoms with Crippen LogP contribution in [0.5, 0.6) is 5.75 Å². The van der Waals surface area contributed by atoms with Crippen molar-refractivity contribution in [3.8, 4) is 5.75 Å². The summed E-state index contributed by atoms with van der Waals surface area (Å²) in [7, 11) is 1.58. The fourth-order valence-electron chi connectivity index (χ4n) is 1.74. The predicted molar refractivity (Wildman–Crippen MR) is 84.8 cm³/mol. The summed E-state index contributed by atoms with van der Waals surface area (Å²) in [5, 5.41) is 3.34. The van der Waals surface area contributed by atoms with E-state index in [2.05, 4.69) is 21.2 Å². The minimum Gasteiger partial charge on any atom is -0.496 e. The molecule has 0 aliphatic rings. The van der Waals surface area contributed by atoms with E-state index in [1.54, 1.807) is 37.4 Å². The van der Waals surface area contributed by atoms with E-state index in [4.69, 9.17) is 16.3 Å². The van der Waals surface area contributed by atoms with Crippen LogP contribution in [0.15, 0.2) is 40.9 Å². The summed E-state index contributed by atoms with van der Waals surface area (Å²) in [6, 6.07) is 10.6. The van der Waals surface area contributed by atoms with Crippen molar-refractivity contribution in [1.29, 1.82) is 0 Å². The molecule has 0 aliphatic carbocycles. The van der Waals surface area contributed by atoms with Gasteiger partial charge >= 0.3 is 0 Å². The maximum absolute atomic E-state index is 12.2. The number of ether oxygens (including phenoxy) is 1. The maximum atomic E-state index is 12.2. The van der Waals surface area contributed by atoms with Crippen LogP contribution in [-0.4, -0.2) is 13.0 Å². The number of benzene rings is 2. The second kappa shape index (κ2) is 6.29. The summed E-state index contributed by atoms with van der Waals surface area (Å²) in [5.74, 6) is 0.480. The van der Waals surface area contributed by atoms with Crippen molar-refractivity contribution in [2.75, 3.05) is 12.4 Å². The van der Waals surface area contributed by atoms with Gasteiger partial charge < -0.3 is 10.1 Å². The normalized spacial score (nSPS) is 10.2. The molecule has 0 unspecified atom stereocenters. The van der Waals surface area contributed by atoms with Gasteiger partial charge in [0.15, 0.2) is 0 Å². The highest BCUT2D eigenvalue weighted by molar-refractivity contribution is 9.10. The molecule has 2 aromatic carbocycles. The van der Waals surface area contributed by atoms with Crippen molar-refractivity contribution in [2.24, 2.45) is 0 Å². The number of amides is 1. The number of nitrogens with one attached hydrogen (secondary N) is 1. The Morgan fingerprint density at radius 2 is 2.00 bits per heavy atom. The largest absolute Gasteiger partial charge is 0.496 e. The van der Waals surface area contributed by atoms with Crippen LogP contribution in [0.3, 0.4) is 0 Å². The lowest BCUT2D eigenvalue weighted by molar-refractivity contribution is 0.102. The predicted octanol–water partition coefficient (Wildman–Crippen LogP) is 4.67. The zero-order chi connectivity index (χ0) is 14.7. The van der Waals surface area contributed by atoms with Gasteiger partial charge in [-0.15, -0.1) is 0 Å². The quantitative estimate of drug-likeness (QED) is 0.869. The molecule has 1 N–H and O–H groups in total. The Morgan fingerprint density at radius 1 is 1.25 bits per heavy atom. The van der Waals surface area contributed by atoms with E-state index in [-0.39, 0.29) is 5.91 Å². The number of hydrogen-bond donors (Lipinski definition) is 1. The van der Waals surface area contributed by atoms with Gasteiger partial charge in [0.25, 0.3) is 5.91 Å². The molecule has 0 bridgehead atoms. The molecule has 0 saturated carbocycles. The van der Waals surface area contributed by atoms with Crippen LogP contribution >= 0.6 is 27.5 Å². The number of rotatable bonds is 3. The Hall–Kier alpha value is -1.52. The third-order valence-corrected chi connectivity index (χ3v) is 4.08. The van der Waals surface area contributed by atoms with Gasteiger partial charge in [-0.1, -0.05) is 17.7 Å². The molecule has 5 heteroatoms. The topological polar surface area (TPSA) is 38.3 Å². The molecule has 20 heavy (non-hydrogen) atoms. The van der Waals surface area contributed by atoms with Crippen molar-refractivity contribution in [3.63, 3.8) is 0 Å². The Labute approximate surface area is 131 Å².